The van der Waals surface area contributed by atoms with E-state index in [0.717, 1.165) is 0 Å². The van der Waals surface area contributed by atoms with Crippen LogP contribution < -0.4 is 10.6 Å². The molecule has 114 valence electrons. The number of carboxylic acid groups (broad SMARTS) is 1. The molecule has 2 rings (SSSR count). The lowest BCUT2D eigenvalue weighted by Crippen LogP contribution is -2.53. The molecule has 0 atom stereocenters. The maximum absolute atomic E-state index is 13.4. The third kappa shape index (κ3) is 3.09. The van der Waals surface area contributed by atoms with E-state index in [1.54, 1.807) is 0 Å². The van der Waals surface area contributed by atoms with Crippen molar-refractivity contribution in [2.75, 3.05) is 5.32 Å². The van der Waals surface area contributed by atoms with E-state index in [9.17, 15) is 27.9 Å². The van der Waals surface area contributed by atoms with Crippen LogP contribution in [0, 0.1) is 17.5 Å². The van der Waals surface area contributed by atoms with Crippen LogP contribution in [-0.2, 0) is 4.79 Å². The van der Waals surface area contributed by atoms with Gasteiger partial charge in [-0.25, -0.2) is 22.8 Å². The third-order valence-electron chi connectivity index (χ3n) is 3.46. The van der Waals surface area contributed by atoms with E-state index in [1.807, 2.05) is 5.32 Å². The summed E-state index contributed by atoms with van der Waals surface area (Å²) in [5, 5.41) is 13.3. The average molecular weight is 302 g/mol. The Morgan fingerprint density at radius 1 is 1.10 bits per heavy atom. The van der Waals surface area contributed by atoms with Crippen molar-refractivity contribution in [3.63, 3.8) is 0 Å². The topological polar surface area (TPSA) is 78.4 Å². The highest BCUT2D eigenvalue weighted by Gasteiger charge is 2.42. The zero-order valence-electron chi connectivity index (χ0n) is 10.9. The highest BCUT2D eigenvalue weighted by molar-refractivity contribution is 5.94. The number of carboxylic acids is 1. The molecule has 5 nitrogen and oxygen atoms in total. The SMILES string of the molecule is O=C(Nc1c(F)cc(F)cc1F)NC1(C(=O)O)CCCC1. The minimum absolute atomic E-state index is 0.240. The van der Waals surface area contributed by atoms with Gasteiger partial charge in [0.2, 0.25) is 0 Å². The zero-order chi connectivity index (χ0) is 15.6. The molecule has 0 bridgehead atoms. The lowest BCUT2D eigenvalue weighted by molar-refractivity contribution is -0.144. The summed E-state index contributed by atoms with van der Waals surface area (Å²) in [5.74, 6) is -4.87. The number of carbonyl (C=O) groups excluding carboxylic acids is 1. The lowest BCUT2D eigenvalue weighted by atomic mass is 9.98. The van der Waals surface area contributed by atoms with Crippen molar-refractivity contribution in [2.45, 2.75) is 31.2 Å². The van der Waals surface area contributed by atoms with Crippen LogP contribution in [0.1, 0.15) is 25.7 Å². The van der Waals surface area contributed by atoms with E-state index in [2.05, 4.69) is 5.32 Å². The van der Waals surface area contributed by atoms with Gasteiger partial charge in [-0.15, -0.1) is 0 Å². The Hall–Kier alpha value is -2.25. The number of rotatable bonds is 3. The summed E-state index contributed by atoms with van der Waals surface area (Å²) in [6.07, 6.45) is 1.74. The molecule has 2 amide bonds. The van der Waals surface area contributed by atoms with Crippen LogP contribution in [-0.4, -0.2) is 22.6 Å². The monoisotopic (exact) mass is 302 g/mol. The molecular weight excluding hydrogens is 289 g/mol. The molecule has 0 aromatic heterocycles. The van der Waals surface area contributed by atoms with E-state index >= 15 is 0 Å². The molecule has 1 aromatic rings. The smallest absolute Gasteiger partial charge is 0.329 e. The molecule has 1 aliphatic carbocycles. The number of nitrogens with one attached hydrogen (secondary N) is 2. The Kier molecular flexibility index (Phi) is 4.06. The number of anilines is 1. The van der Waals surface area contributed by atoms with Crippen molar-refractivity contribution in [1.82, 2.24) is 5.32 Å². The van der Waals surface area contributed by atoms with E-state index in [-0.39, 0.29) is 12.8 Å². The molecule has 0 aliphatic heterocycles. The van der Waals surface area contributed by atoms with E-state index in [4.69, 9.17) is 0 Å². The number of hydrogen-bond donors (Lipinski definition) is 3. The van der Waals surface area contributed by atoms with Crippen LogP contribution in [0.5, 0.6) is 0 Å². The number of benzene rings is 1. The summed E-state index contributed by atoms with van der Waals surface area (Å²) in [4.78, 5) is 23.0. The van der Waals surface area contributed by atoms with Crippen LogP contribution in [0.15, 0.2) is 12.1 Å². The van der Waals surface area contributed by atoms with Gasteiger partial charge < -0.3 is 15.7 Å². The summed E-state index contributed by atoms with van der Waals surface area (Å²) in [5.41, 5.74) is -2.26. The first-order valence-electron chi connectivity index (χ1n) is 6.31. The second kappa shape index (κ2) is 5.63. The minimum Gasteiger partial charge on any atom is -0.480 e. The van der Waals surface area contributed by atoms with Crippen molar-refractivity contribution in [1.29, 1.82) is 0 Å². The fourth-order valence-electron chi connectivity index (χ4n) is 2.39. The van der Waals surface area contributed by atoms with Crippen LogP contribution in [0.4, 0.5) is 23.7 Å². The predicted octanol–water partition coefficient (Wildman–Crippen LogP) is 2.62. The van der Waals surface area contributed by atoms with Gasteiger partial charge in [0.05, 0.1) is 0 Å². The first kappa shape index (κ1) is 15.1. The molecule has 0 radical (unpaired) electrons. The average Bonchev–Trinajstić information content (AvgIpc) is 2.83. The number of urea groups is 1. The summed E-state index contributed by atoms with van der Waals surface area (Å²) in [6.45, 7) is 0. The van der Waals surface area contributed by atoms with Gasteiger partial charge in [-0.3, -0.25) is 0 Å². The maximum Gasteiger partial charge on any atom is 0.329 e. The van der Waals surface area contributed by atoms with Crippen LogP contribution >= 0.6 is 0 Å². The van der Waals surface area contributed by atoms with Gasteiger partial charge >= 0.3 is 12.0 Å². The minimum atomic E-state index is -1.43. The molecule has 1 aromatic carbocycles. The van der Waals surface area contributed by atoms with Crippen LogP contribution in [0.2, 0.25) is 0 Å². The Labute approximate surface area is 118 Å². The molecule has 1 saturated carbocycles. The van der Waals surface area contributed by atoms with Gasteiger partial charge in [0.1, 0.15) is 17.0 Å². The zero-order valence-corrected chi connectivity index (χ0v) is 10.9. The second-order valence-corrected chi connectivity index (χ2v) is 4.92. The van der Waals surface area contributed by atoms with E-state index in [1.165, 1.54) is 0 Å². The number of halogens is 3. The van der Waals surface area contributed by atoms with Gasteiger partial charge in [0.15, 0.2) is 11.6 Å². The van der Waals surface area contributed by atoms with Gasteiger partial charge in [-0.05, 0) is 12.8 Å². The largest absolute Gasteiger partial charge is 0.480 e. The number of carbonyl (C=O) groups is 2. The molecule has 8 heteroatoms. The lowest BCUT2D eigenvalue weighted by Gasteiger charge is -2.25. The Morgan fingerprint density at radius 3 is 2.10 bits per heavy atom. The van der Waals surface area contributed by atoms with Crippen molar-refractivity contribution in [2.24, 2.45) is 0 Å². The van der Waals surface area contributed by atoms with Gasteiger partial charge in [-0.1, -0.05) is 12.8 Å². The summed E-state index contributed by atoms with van der Waals surface area (Å²) < 4.78 is 39.6. The molecule has 0 unspecified atom stereocenters. The van der Waals surface area contributed by atoms with Crippen molar-refractivity contribution in [3.05, 3.63) is 29.6 Å². The molecular formula is C13H13F3N2O3. The fourth-order valence-corrected chi connectivity index (χ4v) is 2.39. The van der Waals surface area contributed by atoms with Gasteiger partial charge in [0, 0.05) is 12.1 Å². The second-order valence-electron chi connectivity index (χ2n) is 4.92. The standard InChI is InChI=1S/C13H13F3N2O3/c14-7-5-8(15)10(9(16)6-7)17-12(21)18-13(11(19)20)3-1-2-4-13/h5-6H,1-4H2,(H,19,20)(H2,17,18,21). The molecule has 3 N–H and O–H groups in total. The summed E-state index contributed by atoms with van der Waals surface area (Å²) in [6, 6.07) is -0.216. The molecule has 0 spiro atoms. The molecule has 21 heavy (non-hydrogen) atoms. The van der Waals surface area contributed by atoms with Crippen LogP contribution in [0.25, 0.3) is 0 Å². The quantitative estimate of drug-likeness (QED) is 0.803. The van der Waals surface area contributed by atoms with Crippen LogP contribution in [0.3, 0.4) is 0 Å². The highest BCUT2D eigenvalue weighted by Crippen LogP contribution is 2.30. The first-order chi connectivity index (χ1) is 9.84. The fraction of sp³-hybridized carbons (Fsp3) is 0.385. The molecule has 1 aliphatic rings. The molecule has 0 heterocycles. The van der Waals surface area contributed by atoms with E-state index < -0.39 is 40.7 Å². The van der Waals surface area contributed by atoms with Gasteiger partial charge in [-0.2, -0.15) is 0 Å². The number of amides is 2. The normalized spacial score (nSPS) is 16.5. The first-order valence-corrected chi connectivity index (χ1v) is 6.31. The highest BCUT2D eigenvalue weighted by atomic mass is 19.1. The maximum atomic E-state index is 13.4. The Morgan fingerprint density at radius 2 is 1.62 bits per heavy atom. The number of aliphatic carboxylic acids is 1. The number of hydrogen-bond acceptors (Lipinski definition) is 2. The predicted molar refractivity (Wildman–Crippen MR) is 67.3 cm³/mol. The van der Waals surface area contributed by atoms with Crippen molar-refractivity contribution < 1.29 is 27.9 Å². The Balaban J connectivity index is 2.14. The summed E-state index contributed by atoms with van der Waals surface area (Å²) >= 11 is 0. The molecule has 1 fully saturated rings. The van der Waals surface area contributed by atoms with Crippen molar-refractivity contribution in [3.8, 4) is 0 Å². The Bertz CT molecular complexity index is 563. The van der Waals surface area contributed by atoms with E-state index in [0.29, 0.717) is 25.0 Å². The summed E-state index contributed by atoms with van der Waals surface area (Å²) in [7, 11) is 0. The molecule has 0 saturated heterocycles. The third-order valence-corrected chi connectivity index (χ3v) is 3.46. The van der Waals surface area contributed by atoms with Crippen molar-refractivity contribution >= 4 is 17.7 Å². The van der Waals surface area contributed by atoms with Gasteiger partial charge in [0.25, 0.3) is 0 Å².